The van der Waals surface area contributed by atoms with Gasteiger partial charge < -0.3 is 15.3 Å². The molecule has 0 saturated heterocycles. The minimum absolute atomic E-state index is 0.279. The number of nitrogens with two attached hydrogens (primary N) is 1. The van der Waals surface area contributed by atoms with Crippen LogP contribution in [0.3, 0.4) is 0 Å². The van der Waals surface area contributed by atoms with E-state index in [1.807, 2.05) is 19.1 Å². The fourth-order valence-corrected chi connectivity index (χ4v) is 2.44. The summed E-state index contributed by atoms with van der Waals surface area (Å²) in [5.41, 5.74) is 6.63. The Hall–Kier alpha value is -1.00. The zero-order chi connectivity index (χ0) is 14.7. The summed E-state index contributed by atoms with van der Waals surface area (Å²) in [5.74, 6) is 1.06. The Balaban J connectivity index is 2.28. The van der Waals surface area contributed by atoms with Gasteiger partial charge in [0.05, 0.1) is 10.0 Å². The van der Waals surface area contributed by atoms with E-state index < -0.39 is 6.10 Å². The molecular formula is C15H17Cl2NO2. The van der Waals surface area contributed by atoms with Crippen LogP contribution in [0.1, 0.15) is 36.0 Å². The molecule has 20 heavy (non-hydrogen) atoms. The number of aryl methyl sites for hydroxylation is 1. The monoisotopic (exact) mass is 313 g/mol. The minimum atomic E-state index is -0.808. The van der Waals surface area contributed by atoms with Crippen LogP contribution in [0.25, 0.3) is 0 Å². The lowest BCUT2D eigenvalue weighted by molar-refractivity contribution is 0.120. The second-order valence-electron chi connectivity index (χ2n) is 4.62. The van der Waals surface area contributed by atoms with Gasteiger partial charge in [0.15, 0.2) is 0 Å². The number of benzene rings is 1. The summed E-state index contributed by atoms with van der Waals surface area (Å²) < 4.78 is 5.59. The number of rotatable bonds is 5. The van der Waals surface area contributed by atoms with Crippen LogP contribution >= 0.6 is 23.2 Å². The average molecular weight is 314 g/mol. The SMILES string of the molecule is CCc1ccc(C(O)C(CN)c2ccc(Cl)c(Cl)c2)o1. The van der Waals surface area contributed by atoms with Crippen LogP contribution in [-0.2, 0) is 6.42 Å². The maximum absolute atomic E-state index is 10.5. The fourth-order valence-electron chi connectivity index (χ4n) is 2.13. The molecule has 0 spiro atoms. The first-order valence-corrected chi connectivity index (χ1v) is 7.24. The summed E-state index contributed by atoms with van der Waals surface area (Å²) in [7, 11) is 0. The lowest BCUT2D eigenvalue weighted by atomic mass is 9.92. The third kappa shape index (κ3) is 3.18. The molecule has 2 aromatic rings. The molecule has 0 amide bonds. The smallest absolute Gasteiger partial charge is 0.133 e. The average Bonchev–Trinajstić information content (AvgIpc) is 2.92. The largest absolute Gasteiger partial charge is 0.463 e. The molecule has 0 saturated carbocycles. The predicted octanol–water partition coefficient (Wildman–Crippen LogP) is 3.92. The topological polar surface area (TPSA) is 59.4 Å². The first-order chi connectivity index (χ1) is 9.56. The van der Waals surface area contributed by atoms with E-state index in [1.54, 1.807) is 18.2 Å². The molecule has 0 aliphatic rings. The van der Waals surface area contributed by atoms with E-state index in [9.17, 15) is 5.11 Å². The molecule has 0 aliphatic carbocycles. The molecule has 1 heterocycles. The molecule has 0 radical (unpaired) electrons. The zero-order valence-corrected chi connectivity index (χ0v) is 12.7. The highest BCUT2D eigenvalue weighted by Crippen LogP contribution is 2.34. The fraction of sp³-hybridized carbons (Fsp3) is 0.333. The highest BCUT2D eigenvalue weighted by molar-refractivity contribution is 6.42. The number of hydrogen-bond donors (Lipinski definition) is 2. The molecule has 0 bridgehead atoms. The third-order valence-corrected chi connectivity index (χ3v) is 4.07. The van der Waals surface area contributed by atoms with E-state index in [2.05, 4.69) is 0 Å². The van der Waals surface area contributed by atoms with Crippen LogP contribution in [0.5, 0.6) is 0 Å². The Kier molecular flexibility index (Phi) is 5.11. The van der Waals surface area contributed by atoms with E-state index in [1.165, 1.54) is 0 Å². The highest BCUT2D eigenvalue weighted by Gasteiger charge is 2.24. The van der Waals surface area contributed by atoms with Crippen molar-refractivity contribution >= 4 is 23.2 Å². The molecule has 1 aromatic heterocycles. The van der Waals surface area contributed by atoms with Crippen molar-refractivity contribution in [1.29, 1.82) is 0 Å². The molecule has 2 unspecified atom stereocenters. The van der Waals surface area contributed by atoms with Gasteiger partial charge in [-0.1, -0.05) is 36.2 Å². The van der Waals surface area contributed by atoms with Crippen LogP contribution in [0.15, 0.2) is 34.7 Å². The van der Waals surface area contributed by atoms with Gasteiger partial charge in [-0.3, -0.25) is 0 Å². The molecule has 3 N–H and O–H groups in total. The Labute approximate surface area is 128 Å². The zero-order valence-electron chi connectivity index (χ0n) is 11.1. The lowest BCUT2D eigenvalue weighted by Gasteiger charge is -2.20. The molecule has 5 heteroatoms. The predicted molar refractivity (Wildman–Crippen MR) is 81.3 cm³/mol. The van der Waals surface area contributed by atoms with Crippen molar-refractivity contribution < 1.29 is 9.52 Å². The number of aliphatic hydroxyl groups excluding tert-OH is 1. The minimum Gasteiger partial charge on any atom is -0.463 e. The van der Waals surface area contributed by atoms with Crippen molar-refractivity contribution in [2.24, 2.45) is 5.73 Å². The summed E-state index contributed by atoms with van der Waals surface area (Å²) >= 11 is 11.9. The lowest BCUT2D eigenvalue weighted by Crippen LogP contribution is -2.19. The highest BCUT2D eigenvalue weighted by atomic mass is 35.5. The van der Waals surface area contributed by atoms with E-state index in [4.69, 9.17) is 33.4 Å². The molecule has 0 fully saturated rings. The Morgan fingerprint density at radius 2 is 1.95 bits per heavy atom. The molecular weight excluding hydrogens is 297 g/mol. The van der Waals surface area contributed by atoms with Gasteiger partial charge in [0.2, 0.25) is 0 Å². The maximum atomic E-state index is 10.5. The summed E-state index contributed by atoms with van der Waals surface area (Å²) in [6, 6.07) is 8.89. The summed E-state index contributed by atoms with van der Waals surface area (Å²) in [6.07, 6.45) is -0.0233. The Morgan fingerprint density at radius 1 is 1.20 bits per heavy atom. The van der Waals surface area contributed by atoms with Gasteiger partial charge in [-0.25, -0.2) is 0 Å². The van der Waals surface area contributed by atoms with Gasteiger partial charge in [-0.2, -0.15) is 0 Å². The molecule has 1 aromatic carbocycles. The Bertz CT molecular complexity index is 583. The molecule has 0 aliphatic heterocycles. The van der Waals surface area contributed by atoms with Crippen molar-refractivity contribution in [1.82, 2.24) is 0 Å². The van der Waals surface area contributed by atoms with Crippen LogP contribution in [0.4, 0.5) is 0 Å². The summed E-state index contributed by atoms with van der Waals surface area (Å²) in [4.78, 5) is 0. The first-order valence-electron chi connectivity index (χ1n) is 6.48. The standard InChI is InChI=1S/C15H17Cl2NO2/c1-2-10-4-6-14(20-10)15(19)11(8-18)9-3-5-12(16)13(17)7-9/h3-7,11,15,19H,2,8,18H2,1H3. The molecule has 2 atom stereocenters. The third-order valence-electron chi connectivity index (χ3n) is 3.33. The molecule has 3 nitrogen and oxygen atoms in total. The summed E-state index contributed by atoms with van der Waals surface area (Å²) in [5, 5.41) is 11.4. The van der Waals surface area contributed by atoms with E-state index in [0.717, 1.165) is 17.7 Å². The van der Waals surface area contributed by atoms with Crippen LogP contribution in [0, 0.1) is 0 Å². The van der Waals surface area contributed by atoms with E-state index >= 15 is 0 Å². The number of hydrogen-bond acceptors (Lipinski definition) is 3. The van der Waals surface area contributed by atoms with Gasteiger partial charge in [0, 0.05) is 18.9 Å². The van der Waals surface area contributed by atoms with Gasteiger partial charge in [0.25, 0.3) is 0 Å². The number of aliphatic hydroxyl groups is 1. The van der Waals surface area contributed by atoms with Crippen molar-refractivity contribution in [3.8, 4) is 0 Å². The second-order valence-corrected chi connectivity index (χ2v) is 5.43. The first kappa shape index (κ1) is 15.4. The van der Waals surface area contributed by atoms with Gasteiger partial charge in [-0.15, -0.1) is 0 Å². The van der Waals surface area contributed by atoms with Crippen molar-refractivity contribution in [3.05, 3.63) is 57.5 Å². The quantitative estimate of drug-likeness (QED) is 0.879. The van der Waals surface area contributed by atoms with Crippen LogP contribution in [0.2, 0.25) is 10.0 Å². The van der Waals surface area contributed by atoms with Gasteiger partial charge >= 0.3 is 0 Å². The van der Waals surface area contributed by atoms with E-state index in [0.29, 0.717) is 15.8 Å². The van der Waals surface area contributed by atoms with Gasteiger partial charge in [0.1, 0.15) is 17.6 Å². The second kappa shape index (κ2) is 6.64. The maximum Gasteiger partial charge on any atom is 0.133 e. The normalized spacial score (nSPS) is 14.2. The number of halogens is 2. The van der Waals surface area contributed by atoms with Crippen molar-refractivity contribution in [2.45, 2.75) is 25.4 Å². The van der Waals surface area contributed by atoms with Crippen LogP contribution in [-0.4, -0.2) is 11.7 Å². The summed E-state index contributed by atoms with van der Waals surface area (Å²) in [6.45, 7) is 2.27. The van der Waals surface area contributed by atoms with Crippen molar-refractivity contribution in [2.75, 3.05) is 6.54 Å². The Morgan fingerprint density at radius 3 is 2.50 bits per heavy atom. The molecule has 2 rings (SSSR count). The number of furan rings is 1. The van der Waals surface area contributed by atoms with Crippen LogP contribution < -0.4 is 5.73 Å². The molecule has 108 valence electrons. The van der Waals surface area contributed by atoms with E-state index in [-0.39, 0.29) is 12.5 Å². The van der Waals surface area contributed by atoms with Gasteiger partial charge in [-0.05, 0) is 29.8 Å². The van der Waals surface area contributed by atoms with Crippen molar-refractivity contribution in [3.63, 3.8) is 0 Å².